The van der Waals surface area contributed by atoms with Crippen molar-refractivity contribution >= 4 is 17.6 Å². The fourth-order valence-electron chi connectivity index (χ4n) is 1.24. The number of nitrogens with one attached hydrogen (secondary N) is 1. The lowest BCUT2D eigenvalue weighted by Gasteiger charge is -2.10. The number of aromatic carboxylic acids is 1. The number of aryl methyl sites for hydroxylation is 1. The van der Waals surface area contributed by atoms with E-state index in [1.54, 1.807) is 26.0 Å². The van der Waals surface area contributed by atoms with Gasteiger partial charge < -0.3 is 10.4 Å². The van der Waals surface area contributed by atoms with Crippen LogP contribution >= 0.6 is 0 Å². The van der Waals surface area contributed by atoms with E-state index in [2.05, 4.69) is 5.32 Å². The first-order chi connectivity index (χ1) is 7.06. The largest absolute Gasteiger partial charge is 0.478 e. The molecule has 1 rings (SSSR count). The molecular weight excluding hydrogens is 194 g/mol. The van der Waals surface area contributed by atoms with Crippen LogP contribution in [0.4, 0.5) is 5.69 Å². The topological polar surface area (TPSA) is 66.4 Å². The minimum atomic E-state index is -1.04. The summed E-state index contributed by atoms with van der Waals surface area (Å²) in [5.41, 5.74) is 1.25. The van der Waals surface area contributed by atoms with Gasteiger partial charge in [-0.3, -0.25) is 4.79 Å². The van der Waals surface area contributed by atoms with E-state index in [9.17, 15) is 9.59 Å². The van der Waals surface area contributed by atoms with Crippen LogP contribution in [0.3, 0.4) is 0 Å². The Kier molecular flexibility index (Phi) is 3.44. The molecule has 0 aliphatic rings. The highest BCUT2D eigenvalue weighted by Gasteiger charge is 2.13. The highest BCUT2D eigenvalue weighted by Crippen LogP contribution is 2.20. The van der Waals surface area contributed by atoms with Gasteiger partial charge in [-0.1, -0.05) is 19.1 Å². The molecule has 4 heteroatoms. The number of carboxylic acids is 1. The van der Waals surface area contributed by atoms with E-state index in [1.807, 2.05) is 0 Å². The number of carbonyl (C=O) groups excluding carboxylic acids is 1. The second-order valence-electron chi connectivity index (χ2n) is 3.20. The first kappa shape index (κ1) is 11.2. The van der Waals surface area contributed by atoms with Crippen molar-refractivity contribution in [3.63, 3.8) is 0 Å². The molecule has 80 valence electrons. The van der Waals surface area contributed by atoms with Crippen LogP contribution < -0.4 is 5.32 Å². The molecule has 0 saturated carbocycles. The molecule has 0 spiro atoms. The van der Waals surface area contributed by atoms with E-state index in [0.29, 0.717) is 12.1 Å². The summed E-state index contributed by atoms with van der Waals surface area (Å²) in [5.74, 6) is -1.23. The number of amides is 1. The van der Waals surface area contributed by atoms with Crippen LogP contribution in [0.15, 0.2) is 18.2 Å². The number of carboxylic acid groups (broad SMARTS) is 1. The zero-order valence-electron chi connectivity index (χ0n) is 8.70. The van der Waals surface area contributed by atoms with Crippen LogP contribution in [0.25, 0.3) is 0 Å². The number of anilines is 1. The third-order valence-corrected chi connectivity index (χ3v) is 2.09. The molecule has 0 aromatic heterocycles. The van der Waals surface area contributed by atoms with Crippen molar-refractivity contribution in [3.8, 4) is 0 Å². The Labute approximate surface area is 87.9 Å². The number of hydrogen-bond donors (Lipinski definition) is 2. The van der Waals surface area contributed by atoms with E-state index in [0.717, 1.165) is 5.56 Å². The Bertz CT molecular complexity index is 399. The third kappa shape index (κ3) is 2.56. The second kappa shape index (κ2) is 4.59. The standard InChI is InChI=1S/C11H13NO3/c1-3-9(13)12-10-7(2)5-4-6-8(10)11(14)15/h4-6H,3H2,1-2H3,(H,12,13)(H,14,15). The molecular formula is C11H13NO3. The summed E-state index contributed by atoms with van der Waals surface area (Å²) in [5, 5.41) is 11.5. The number of para-hydroxylation sites is 1. The lowest BCUT2D eigenvalue weighted by molar-refractivity contribution is -0.115. The van der Waals surface area contributed by atoms with Crippen LogP contribution in [0, 0.1) is 6.92 Å². The first-order valence-corrected chi connectivity index (χ1v) is 4.69. The molecule has 0 heterocycles. The van der Waals surface area contributed by atoms with Crippen molar-refractivity contribution < 1.29 is 14.7 Å². The van der Waals surface area contributed by atoms with Crippen LogP contribution in [0.1, 0.15) is 29.3 Å². The number of hydrogen-bond acceptors (Lipinski definition) is 2. The fraction of sp³-hybridized carbons (Fsp3) is 0.273. The summed E-state index contributed by atoms with van der Waals surface area (Å²) in [6.45, 7) is 3.48. The minimum absolute atomic E-state index is 0.122. The van der Waals surface area contributed by atoms with Gasteiger partial charge in [-0.25, -0.2) is 4.79 Å². The van der Waals surface area contributed by atoms with Crippen LogP contribution in [-0.2, 0) is 4.79 Å². The van der Waals surface area contributed by atoms with Gasteiger partial charge in [0.25, 0.3) is 0 Å². The third-order valence-electron chi connectivity index (χ3n) is 2.09. The summed E-state index contributed by atoms with van der Waals surface area (Å²) in [7, 11) is 0. The molecule has 0 saturated heterocycles. The van der Waals surface area contributed by atoms with E-state index >= 15 is 0 Å². The molecule has 0 aliphatic carbocycles. The molecule has 2 N–H and O–H groups in total. The summed E-state index contributed by atoms with van der Waals surface area (Å²) >= 11 is 0. The average Bonchev–Trinajstić information content (AvgIpc) is 2.20. The van der Waals surface area contributed by atoms with Gasteiger partial charge in [-0.15, -0.1) is 0 Å². The Morgan fingerprint density at radius 1 is 1.40 bits per heavy atom. The lowest BCUT2D eigenvalue weighted by Crippen LogP contribution is -2.14. The smallest absolute Gasteiger partial charge is 0.337 e. The Morgan fingerprint density at radius 3 is 2.60 bits per heavy atom. The molecule has 0 aliphatic heterocycles. The Balaban J connectivity index is 3.13. The van der Waals surface area contributed by atoms with Gasteiger partial charge >= 0.3 is 5.97 Å². The highest BCUT2D eigenvalue weighted by atomic mass is 16.4. The monoisotopic (exact) mass is 207 g/mol. The molecule has 15 heavy (non-hydrogen) atoms. The molecule has 1 aromatic carbocycles. The zero-order valence-corrected chi connectivity index (χ0v) is 8.70. The molecule has 0 fully saturated rings. The summed E-state index contributed by atoms with van der Waals surface area (Å²) in [6, 6.07) is 4.89. The van der Waals surface area contributed by atoms with Crippen molar-refractivity contribution in [1.82, 2.24) is 0 Å². The van der Waals surface area contributed by atoms with Crippen LogP contribution in [0.2, 0.25) is 0 Å². The van der Waals surface area contributed by atoms with Gasteiger partial charge in [0.2, 0.25) is 5.91 Å². The lowest BCUT2D eigenvalue weighted by atomic mass is 10.1. The maximum absolute atomic E-state index is 11.2. The average molecular weight is 207 g/mol. The zero-order chi connectivity index (χ0) is 11.4. The van der Waals surface area contributed by atoms with Gasteiger partial charge in [-0.05, 0) is 18.6 Å². The van der Waals surface area contributed by atoms with Crippen molar-refractivity contribution in [2.75, 3.05) is 5.32 Å². The molecule has 1 aromatic rings. The van der Waals surface area contributed by atoms with Gasteiger partial charge in [-0.2, -0.15) is 0 Å². The van der Waals surface area contributed by atoms with Crippen molar-refractivity contribution in [1.29, 1.82) is 0 Å². The number of carbonyl (C=O) groups is 2. The summed E-state index contributed by atoms with van der Waals surface area (Å²) in [4.78, 5) is 22.1. The van der Waals surface area contributed by atoms with Gasteiger partial charge in [0, 0.05) is 6.42 Å². The highest BCUT2D eigenvalue weighted by molar-refractivity contribution is 6.01. The SMILES string of the molecule is CCC(=O)Nc1c(C)cccc1C(=O)O. The maximum Gasteiger partial charge on any atom is 0.337 e. The summed E-state index contributed by atoms with van der Waals surface area (Å²) in [6.07, 6.45) is 0.327. The van der Waals surface area contributed by atoms with E-state index in [1.165, 1.54) is 6.07 Å². The summed E-state index contributed by atoms with van der Waals surface area (Å²) < 4.78 is 0. The fourth-order valence-corrected chi connectivity index (χ4v) is 1.24. The second-order valence-corrected chi connectivity index (χ2v) is 3.20. The van der Waals surface area contributed by atoms with Gasteiger partial charge in [0.05, 0.1) is 11.3 Å². The quantitative estimate of drug-likeness (QED) is 0.797. The first-order valence-electron chi connectivity index (χ1n) is 4.69. The predicted octanol–water partition coefficient (Wildman–Crippen LogP) is 2.04. The van der Waals surface area contributed by atoms with Crippen LogP contribution in [-0.4, -0.2) is 17.0 Å². The Hall–Kier alpha value is -1.84. The molecule has 0 atom stereocenters. The maximum atomic E-state index is 11.2. The van der Waals surface area contributed by atoms with E-state index in [-0.39, 0.29) is 11.5 Å². The van der Waals surface area contributed by atoms with E-state index < -0.39 is 5.97 Å². The van der Waals surface area contributed by atoms with Crippen molar-refractivity contribution in [2.45, 2.75) is 20.3 Å². The van der Waals surface area contributed by atoms with Crippen LogP contribution in [0.5, 0.6) is 0 Å². The molecule has 0 radical (unpaired) electrons. The normalized spacial score (nSPS) is 9.73. The van der Waals surface area contributed by atoms with Crippen molar-refractivity contribution in [3.05, 3.63) is 29.3 Å². The predicted molar refractivity (Wildman–Crippen MR) is 57.1 cm³/mol. The molecule has 1 amide bonds. The molecule has 0 bridgehead atoms. The van der Waals surface area contributed by atoms with Gasteiger partial charge in [0.1, 0.15) is 0 Å². The van der Waals surface area contributed by atoms with E-state index in [4.69, 9.17) is 5.11 Å². The molecule has 0 unspecified atom stereocenters. The molecule has 4 nitrogen and oxygen atoms in total. The Morgan fingerprint density at radius 2 is 2.07 bits per heavy atom. The van der Waals surface area contributed by atoms with Crippen molar-refractivity contribution in [2.24, 2.45) is 0 Å². The minimum Gasteiger partial charge on any atom is -0.478 e. The van der Waals surface area contributed by atoms with Gasteiger partial charge in [0.15, 0.2) is 0 Å². The number of benzene rings is 1. The number of rotatable bonds is 3.